The largest absolute Gasteiger partial charge is 0.338 e. The second kappa shape index (κ2) is 14.0. The fourth-order valence-electron chi connectivity index (χ4n) is 7.04. The number of nitrogens with zero attached hydrogens (tertiary/aromatic N) is 4. The zero-order valence-corrected chi connectivity index (χ0v) is 27.3. The first-order chi connectivity index (χ1) is 20.2. The number of halogens is 2. The van der Waals surface area contributed by atoms with Crippen LogP contribution in [0.3, 0.4) is 0 Å². The highest BCUT2D eigenvalue weighted by Gasteiger charge is 2.48. The summed E-state index contributed by atoms with van der Waals surface area (Å²) >= 11 is 0. The van der Waals surface area contributed by atoms with E-state index in [2.05, 4.69) is 34.1 Å². The highest BCUT2D eigenvalue weighted by atomic mass is 35.5. The van der Waals surface area contributed by atoms with E-state index in [4.69, 9.17) is 0 Å². The maximum atomic E-state index is 13.6. The van der Waals surface area contributed by atoms with E-state index in [1.54, 1.807) is 36.7 Å². The van der Waals surface area contributed by atoms with E-state index in [0.717, 1.165) is 51.0 Å². The Kier molecular flexibility index (Phi) is 10.8. The van der Waals surface area contributed by atoms with E-state index >= 15 is 0 Å². The minimum absolute atomic E-state index is 0. The van der Waals surface area contributed by atoms with Crippen molar-refractivity contribution >= 4 is 46.5 Å². The van der Waals surface area contributed by atoms with Crippen molar-refractivity contribution in [1.82, 2.24) is 19.7 Å². The molecule has 1 aromatic heterocycles. The smallest absolute Gasteiger partial charge is 0.253 e. The van der Waals surface area contributed by atoms with Gasteiger partial charge in [-0.2, -0.15) is 0 Å². The lowest BCUT2D eigenvalue weighted by Gasteiger charge is -2.39. The number of pyridine rings is 1. The number of hydrogen-bond acceptors (Lipinski definition) is 6. The summed E-state index contributed by atoms with van der Waals surface area (Å²) in [7, 11) is -3.24. The van der Waals surface area contributed by atoms with Crippen molar-refractivity contribution in [2.45, 2.75) is 36.6 Å². The zero-order chi connectivity index (χ0) is 29.3. The van der Waals surface area contributed by atoms with Crippen LogP contribution in [0.25, 0.3) is 0 Å². The lowest BCUT2D eigenvalue weighted by atomic mass is 9.76. The lowest BCUT2D eigenvalue weighted by Crippen LogP contribution is -2.46. The predicted octanol–water partition coefficient (Wildman–Crippen LogP) is 4.70. The Balaban J connectivity index is 0.00000221. The summed E-state index contributed by atoms with van der Waals surface area (Å²) in [6.07, 6.45) is 7.09. The summed E-state index contributed by atoms with van der Waals surface area (Å²) in [6, 6.07) is 20.9. The molecule has 3 fully saturated rings. The summed E-state index contributed by atoms with van der Waals surface area (Å²) in [6.45, 7) is 5.31. The van der Waals surface area contributed by atoms with Crippen molar-refractivity contribution in [3.05, 3.63) is 95.8 Å². The van der Waals surface area contributed by atoms with E-state index in [-0.39, 0.29) is 48.0 Å². The predicted molar refractivity (Wildman–Crippen MR) is 175 cm³/mol. The molecule has 0 radical (unpaired) electrons. The lowest BCUT2D eigenvalue weighted by molar-refractivity contribution is -0.139. The molecule has 2 aromatic carbocycles. The molecular weight excluding hydrogens is 619 g/mol. The second-order valence-corrected chi connectivity index (χ2v) is 14.2. The van der Waals surface area contributed by atoms with E-state index in [1.807, 2.05) is 28.0 Å². The molecule has 1 spiro atoms. The van der Waals surface area contributed by atoms with Gasteiger partial charge in [0.2, 0.25) is 5.91 Å². The van der Waals surface area contributed by atoms with E-state index in [0.29, 0.717) is 36.0 Å². The number of carbonyl (C=O) groups excluding carboxylic acids is 2. The van der Waals surface area contributed by atoms with Crippen molar-refractivity contribution in [3.63, 3.8) is 0 Å². The third kappa shape index (κ3) is 7.12. The topological polar surface area (TPSA) is 90.9 Å². The first kappa shape index (κ1) is 33.9. The van der Waals surface area contributed by atoms with Gasteiger partial charge < -0.3 is 14.7 Å². The molecule has 3 saturated heterocycles. The molecule has 8 nitrogen and oxygen atoms in total. The van der Waals surface area contributed by atoms with Gasteiger partial charge in [-0.25, -0.2) is 8.42 Å². The first-order valence-electron chi connectivity index (χ1n) is 14.8. The molecular formula is C33H40Cl2N4O4S. The van der Waals surface area contributed by atoms with Gasteiger partial charge in [0.05, 0.1) is 10.3 Å². The first-order valence-corrected chi connectivity index (χ1v) is 16.7. The van der Waals surface area contributed by atoms with Gasteiger partial charge in [-0.05, 0) is 73.7 Å². The Morgan fingerprint density at radius 2 is 1.52 bits per heavy atom. The molecule has 6 rings (SSSR count). The second-order valence-electron chi connectivity index (χ2n) is 12.2. The Morgan fingerprint density at radius 1 is 0.886 bits per heavy atom. The average Bonchev–Trinajstić information content (AvgIpc) is 3.56. The molecule has 2 atom stereocenters. The number of amides is 2. The van der Waals surface area contributed by atoms with Crippen LogP contribution in [0.15, 0.2) is 84.0 Å². The molecule has 3 aromatic rings. The van der Waals surface area contributed by atoms with Gasteiger partial charge in [0, 0.05) is 62.9 Å². The van der Waals surface area contributed by atoms with Gasteiger partial charge in [-0.15, -0.1) is 24.8 Å². The van der Waals surface area contributed by atoms with Crippen LogP contribution in [0.4, 0.5) is 0 Å². The summed E-state index contributed by atoms with van der Waals surface area (Å²) < 4.78 is 23.6. The quantitative estimate of drug-likeness (QED) is 0.366. The summed E-state index contributed by atoms with van der Waals surface area (Å²) in [5, 5.41) is 0. The fourth-order valence-corrected chi connectivity index (χ4v) is 7.67. The molecule has 236 valence electrons. The molecule has 0 N–H and O–H groups in total. The van der Waals surface area contributed by atoms with Crippen LogP contribution in [-0.4, -0.2) is 85.4 Å². The van der Waals surface area contributed by atoms with Crippen molar-refractivity contribution in [3.8, 4) is 0 Å². The minimum Gasteiger partial charge on any atom is -0.338 e. The van der Waals surface area contributed by atoms with Crippen LogP contribution in [0.1, 0.15) is 46.7 Å². The number of rotatable bonds is 7. The van der Waals surface area contributed by atoms with Crippen molar-refractivity contribution in [2.75, 3.05) is 45.5 Å². The maximum absolute atomic E-state index is 13.6. The third-order valence-corrected chi connectivity index (χ3v) is 10.6. The number of piperidine rings is 1. The normalized spacial score (nSPS) is 21.6. The Bertz CT molecular complexity index is 1530. The van der Waals surface area contributed by atoms with Gasteiger partial charge in [-0.1, -0.05) is 42.5 Å². The van der Waals surface area contributed by atoms with Crippen LogP contribution in [0, 0.1) is 11.3 Å². The maximum Gasteiger partial charge on any atom is 0.253 e. The number of hydrogen-bond donors (Lipinski definition) is 0. The summed E-state index contributed by atoms with van der Waals surface area (Å²) in [4.78, 5) is 37.7. The molecule has 11 heteroatoms. The van der Waals surface area contributed by atoms with Gasteiger partial charge in [0.15, 0.2) is 9.84 Å². The Morgan fingerprint density at radius 3 is 2.16 bits per heavy atom. The number of aromatic nitrogens is 1. The highest BCUT2D eigenvalue weighted by molar-refractivity contribution is 7.90. The van der Waals surface area contributed by atoms with E-state index in [9.17, 15) is 18.0 Å². The van der Waals surface area contributed by atoms with Crippen LogP contribution in [-0.2, 0) is 21.2 Å². The minimum atomic E-state index is -3.24. The molecule has 4 heterocycles. The third-order valence-electron chi connectivity index (χ3n) is 9.52. The van der Waals surface area contributed by atoms with Crippen LogP contribution in [0.5, 0.6) is 0 Å². The molecule has 2 unspecified atom stereocenters. The van der Waals surface area contributed by atoms with Crippen LogP contribution < -0.4 is 0 Å². The number of carbonyl (C=O) groups is 2. The Labute approximate surface area is 272 Å². The van der Waals surface area contributed by atoms with E-state index < -0.39 is 9.84 Å². The monoisotopic (exact) mass is 658 g/mol. The number of likely N-dealkylation sites (tertiary alicyclic amines) is 3. The molecule has 0 aliphatic carbocycles. The zero-order valence-electron chi connectivity index (χ0n) is 24.9. The molecule has 44 heavy (non-hydrogen) atoms. The van der Waals surface area contributed by atoms with Crippen molar-refractivity contribution < 1.29 is 18.0 Å². The summed E-state index contributed by atoms with van der Waals surface area (Å²) in [5.74, 6) is 0.871. The number of benzene rings is 2. The SMILES string of the molecule is CS(=O)(=O)c1ccc(CN2CCC3(CCN(CC4CN(C(=O)c5ccncc5)CC4c4ccccc4)CC3)C2=O)cc1.Cl.Cl. The average molecular weight is 660 g/mol. The van der Waals surface area contributed by atoms with Crippen LogP contribution >= 0.6 is 24.8 Å². The van der Waals surface area contributed by atoms with Gasteiger partial charge in [0.1, 0.15) is 0 Å². The summed E-state index contributed by atoms with van der Waals surface area (Å²) in [5.41, 5.74) is 2.59. The van der Waals surface area contributed by atoms with Crippen molar-refractivity contribution in [2.24, 2.45) is 11.3 Å². The molecule has 0 bridgehead atoms. The van der Waals surface area contributed by atoms with Gasteiger partial charge >= 0.3 is 0 Å². The van der Waals surface area contributed by atoms with Gasteiger partial charge in [-0.3, -0.25) is 14.6 Å². The highest BCUT2D eigenvalue weighted by Crippen LogP contribution is 2.43. The fraction of sp³-hybridized carbons (Fsp3) is 0.424. The molecule has 3 aliphatic heterocycles. The van der Waals surface area contributed by atoms with Crippen molar-refractivity contribution in [1.29, 1.82) is 0 Å². The molecule has 3 aliphatic rings. The van der Waals surface area contributed by atoms with E-state index in [1.165, 1.54) is 11.8 Å². The molecule has 0 saturated carbocycles. The van der Waals surface area contributed by atoms with Crippen LogP contribution in [0.2, 0.25) is 0 Å². The number of sulfone groups is 1. The van der Waals surface area contributed by atoms with Gasteiger partial charge in [0.25, 0.3) is 5.91 Å². The molecule has 2 amide bonds. The Hall–Kier alpha value is -2.98. The standard InChI is InChI=1S/C33H38N4O4S.2ClH/c1-42(40,41)29-9-7-25(8-10-29)21-36-20-15-33(32(36)39)13-18-35(19-14-33)22-28-23-37(31(38)27-11-16-34-17-12-27)24-30(28)26-5-3-2-4-6-26;;/h2-12,16-17,28,30H,13-15,18-24H2,1H3;2*1H.